The summed E-state index contributed by atoms with van der Waals surface area (Å²) in [4.78, 5) is 12.5. The molecule has 0 saturated heterocycles. The third-order valence-electron chi connectivity index (χ3n) is 4.28. The van der Waals surface area contributed by atoms with E-state index in [0.717, 1.165) is 10.0 Å². The van der Waals surface area contributed by atoms with Gasteiger partial charge in [-0.3, -0.25) is 9.48 Å². The number of hydrogen-bond donors (Lipinski definition) is 1. The van der Waals surface area contributed by atoms with Crippen LogP contribution >= 0.6 is 39.1 Å². The molecule has 0 spiro atoms. The number of benzene rings is 2. The Labute approximate surface area is 196 Å². The Morgan fingerprint density at radius 2 is 1.77 bits per heavy atom. The third kappa shape index (κ3) is 5.66. The largest absolute Gasteiger partial charge is 0.471 e. The number of ether oxygens (including phenoxy) is 1. The molecule has 0 radical (unpaired) electrons. The number of aromatic nitrogens is 4. The van der Waals surface area contributed by atoms with Crippen molar-refractivity contribution in [2.24, 2.45) is 0 Å². The van der Waals surface area contributed by atoms with E-state index >= 15 is 0 Å². The summed E-state index contributed by atoms with van der Waals surface area (Å²) in [7, 11) is 0. The number of rotatable bonds is 7. The van der Waals surface area contributed by atoms with Crippen molar-refractivity contribution in [2.45, 2.75) is 13.3 Å². The second-order valence-electron chi connectivity index (χ2n) is 6.56. The van der Waals surface area contributed by atoms with Crippen molar-refractivity contribution >= 4 is 50.9 Å². The van der Waals surface area contributed by atoms with Gasteiger partial charge in [0.25, 0.3) is 5.91 Å². The lowest BCUT2D eigenvalue weighted by Gasteiger charge is -2.06. The SMILES string of the molecule is O=C(Nc1ccn(Cc2ccc(Cl)cc2Cl)n1)c1ccn(COc2ccc(Br)cc2)n1. The Hall–Kier alpha value is -2.81. The molecule has 0 atom stereocenters. The maximum absolute atomic E-state index is 12.5. The molecule has 0 bridgehead atoms. The first kappa shape index (κ1) is 21.4. The molecule has 2 aromatic carbocycles. The fourth-order valence-corrected chi connectivity index (χ4v) is 3.48. The second kappa shape index (κ2) is 9.55. The molecule has 4 rings (SSSR count). The number of amides is 1. The minimum Gasteiger partial charge on any atom is -0.471 e. The van der Waals surface area contributed by atoms with E-state index in [4.69, 9.17) is 27.9 Å². The number of carbonyl (C=O) groups is 1. The normalized spacial score (nSPS) is 10.8. The number of hydrogen-bond acceptors (Lipinski definition) is 4. The zero-order valence-corrected chi connectivity index (χ0v) is 19.1. The van der Waals surface area contributed by atoms with Crippen LogP contribution in [0, 0.1) is 0 Å². The molecule has 0 saturated carbocycles. The molecular formula is C21H16BrCl2N5O2. The van der Waals surface area contributed by atoms with Crippen molar-refractivity contribution in [3.63, 3.8) is 0 Å². The fraction of sp³-hybridized carbons (Fsp3) is 0.0952. The first-order chi connectivity index (χ1) is 15.0. The van der Waals surface area contributed by atoms with Gasteiger partial charge in [-0.05, 0) is 48.0 Å². The van der Waals surface area contributed by atoms with E-state index < -0.39 is 0 Å². The summed E-state index contributed by atoms with van der Waals surface area (Å²) < 4.78 is 9.83. The molecule has 158 valence electrons. The highest BCUT2D eigenvalue weighted by Crippen LogP contribution is 2.22. The van der Waals surface area contributed by atoms with Crippen molar-refractivity contribution in [3.05, 3.63) is 92.8 Å². The van der Waals surface area contributed by atoms with E-state index in [0.29, 0.717) is 28.2 Å². The quantitative estimate of drug-likeness (QED) is 0.350. The van der Waals surface area contributed by atoms with Gasteiger partial charge in [-0.15, -0.1) is 0 Å². The lowest BCUT2D eigenvalue weighted by molar-refractivity contribution is 0.101. The molecule has 0 fully saturated rings. The molecule has 4 aromatic rings. The summed E-state index contributed by atoms with van der Waals surface area (Å²) in [6.45, 7) is 0.638. The van der Waals surface area contributed by atoms with Crippen LogP contribution in [0.1, 0.15) is 16.1 Å². The van der Waals surface area contributed by atoms with Gasteiger partial charge in [-0.1, -0.05) is 45.2 Å². The van der Waals surface area contributed by atoms with Gasteiger partial charge in [0.1, 0.15) is 5.75 Å². The van der Waals surface area contributed by atoms with Crippen LogP contribution in [0.5, 0.6) is 5.75 Å². The number of carbonyl (C=O) groups excluding carboxylic acids is 1. The summed E-state index contributed by atoms with van der Waals surface area (Å²) in [6.07, 6.45) is 3.43. The van der Waals surface area contributed by atoms with Crippen molar-refractivity contribution in [1.82, 2.24) is 19.6 Å². The van der Waals surface area contributed by atoms with Crippen LogP contribution in [0.2, 0.25) is 10.0 Å². The van der Waals surface area contributed by atoms with Gasteiger partial charge in [-0.25, -0.2) is 4.68 Å². The molecule has 2 heterocycles. The highest BCUT2D eigenvalue weighted by Gasteiger charge is 2.12. The number of nitrogens with one attached hydrogen (secondary N) is 1. The summed E-state index contributed by atoms with van der Waals surface area (Å²) in [5, 5.41) is 12.5. The van der Waals surface area contributed by atoms with E-state index in [2.05, 4.69) is 31.4 Å². The topological polar surface area (TPSA) is 74.0 Å². The lowest BCUT2D eigenvalue weighted by atomic mass is 10.2. The monoisotopic (exact) mass is 519 g/mol. The van der Waals surface area contributed by atoms with Gasteiger partial charge < -0.3 is 10.1 Å². The highest BCUT2D eigenvalue weighted by molar-refractivity contribution is 9.10. The minimum atomic E-state index is -0.364. The van der Waals surface area contributed by atoms with E-state index in [9.17, 15) is 4.79 Å². The lowest BCUT2D eigenvalue weighted by Crippen LogP contribution is -2.15. The molecule has 0 aliphatic carbocycles. The molecule has 2 aromatic heterocycles. The van der Waals surface area contributed by atoms with Gasteiger partial charge >= 0.3 is 0 Å². The van der Waals surface area contributed by atoms with Crippen LogP contribution in [-0.4, -0.2) is 25.5 Å². The number of anilines is 1. The molecule has 7 nitrogen and oxygen atoms in total. The summed E-state index contributed by atoms with van der Waals surface area (Å²) in [6, 6.07) is 16.1. The van der Waals surface area contributed by atoms with E-state index in [1.807, 2.05) is 30.3 Å². The van der Waals surface area contributed by atoms with E-state index in [1.165, 1.54) is 4.68 Å². The van der Waals surface area contributed by atoms with Gasteiger partial charge in [-0.2, -0.15) is 10.2 Å². The Balaban J connectivity index is 1.34. The molecule has 10 heteroatoms. The Morgan fingerprint density at radius 1 is 1.00 bits per heavy atom. The van der Waals surface area contributed by atoms with Crippen molar-refractivity contribution in [3.8, 4) is 5.75 Å². The second-order valence-corrected chi connectivity index (χ2v) is 8.32. The van der Waals surface area contributed by atoms with Crippen LogP contribution < -0.4 is 10.1 Å². The fourth-order valence-electron chi connectivity index (χ4n) is 2.75. The van der Waals surface area contributed by atoms with Crippen LogP contribution in [0.15, 0.2) is 71.5 Å². The van der Waals surface area contributed by atoms with Crippen molar-refractivity contribution in [2.75, 3.05) is 5.32 Å². The molecule has 0 unspecified atom stereocenters. The maximum Gasteiger partial charge on any atom is 0.277 e. The van der Waals surface area contributed by atoms with Crippen molar-refractivity contribution < 1.29 is 9.53 Å². The molecule has 1 amide bonds. The highest BCUT2D eigenvalue weighted by atomic mass is 79.9. The standard InChI is InChI=1S/C21H16BrCl2N5O2/c22-15-2-5-17(6-3-15)31-13-29-9-7-19(26-29)21(30)25-20-8-10-28(27-20)12-14-1-4-16(23)11-18(14)24/h1-11H,12-13H2,(H,25,27,30). The zero-order chi connectivity index (χ0) is 21.8. The summed E-state index contributed by atoms with van der Waals surface area (Å²) >= 11 is 15.5. The summed E-state index contributed by atoms with van der Waals surface area (Å²) in [5.74, 6) is 0.754. The number of nitrogens with zero attached hydrogens (tertiary/aromatic N) is 4. The minimum absolute atomic E-state index is 0.186. The zero-order valence-electron chi connectivity index (χ0n) is 16.0. The molecule has 1 N–H and O–H groups in total. The van der Waals surface area contributed by atoms with Crippen molar-refractivity contribution in [1.29, 1.82) is 0 Å². The first-order valence-electron chi connectivity index (χ1n) is 9.17. The van der Waals surface area contributed by atoms with Gasteiger partial charge in [0, 0.05) is 33.0 Å². The predicted molar refractivity (Wildman–Crippen MR) is 123 cm³/mol. The van der Waals surface area contributed by atoms with Crippen LogP contribution in [0.4, 0.5) is 5.82 Å². The molecule has 0 aliphatic heterocycles. The molecular weight excluding hydrogens is 505 g/mol. The van der Waals surface area contributed by atoms with Crippen LogP contribution in [-0.2, 0) is 13.3 Å². The van der Waals surface area contributed by atoms with Gasteiger partial charge in [0.15, 0.2) is 18.2 Å². The maximum atomic E-state index is 12.5. The Bertz CT molecular complexity index is 1210. The summed E-state index contributed by atoms with van der Waals surface area (Å²) in [5.41, 5.74) is 1.13. The van der Waals surface area contributed by atoms with E-state index in [1.54, 1.807) is 41.3 Å². The van der Waals surface area contributed by atoms with E-state index in [-0.39, 0.29) is 18.3 Å². The average Bonchev–Trinajstić information content (AvgIpc) is 3.39. The predicted octanol–water partition coefficient (Wildman–Crippen LogP) is 5.49. The van der Waals surface area contributed by atoms with Gasteiger partial charge in [0.2, 0.25) is 0 Å². The first-order valence-corrected chi connectivity index (χ1v) is 10.7. The number of halogens is 3. The van der Waals surface area contributed by atoms with Crippen LogP contribution in [0.25, 0.3) is 0 Å². The Kier molecular flexibility index (Phi) is 6.60. The third-order valence-corrected chi connectivity index (χ3v) is 5.40. The van der Waals surface area contributed by atoms with Gasteiger partial charge in [0.05, 0.1) is 6.54 Å². The smallest absolute Gasteiger partial charge is 0.277 e. The molecule has 31 heavy (non-hydrogen) atoms. The average molecular weight is 521 g/mol. The Morgan fingerprint density at radius 3 is 2.55 bits per heavy atom. The molecule has 0 aliphatic rings. The van der Waals surface area contributed by atoms with Crippen LogP contribution in [0.3, 0.4) is 0 Å².